The molecule has 0 aliphatic heterocycles. The van der Waals surface area contributed by atoms with E-state index in [4.69, 9.17) is 0 Å². The van der Waals surface area contributed by atoms with Gasteiger partial charge in [-0.05, 0) is 6.07 Å². The van der Waals surface area contributed by atoms with Gasteiger partial charge in [-0.3, -0.25) is 40.5 Å². The molecule has 0 bridgehead atoms. The minimum atomic E-state index is -5.38. The van der Waals surface area contributed by atoms with Crippen LogP contribution >= 0.6 is 0 Å². The maximum absolute atomic E-state index is 11.9. The number of nitro benzene ring substituents is 2. The Morgan fingerprint density at radius 1 is 0.864 bits per heavy atom. The highest BCUT2D eigenvalue weighted by molar-refractivity contribution is 7.91. The molecular formula is C7H4N4O10S. The Morgan fingerprint density at radius 3 is 1.73 bits per heavy atom. The third kappa shape index (κ3) is 2.92. The molecule has 0 heterocycles. The molecule has 118 valence electrons. The summed E-state index contributed by atoms with van der Waals surface area (Å²) in [5.74, 6) is 0. The molecule has 0 atom stereocenters. The first kappa shape index (κ1) is 16.8. The van der Waals surface area contributed by atoms with Crippen molar-refractivity contribution in [2.24, 2.45) is 0 Å². The molecule has 0 N–H and O–H groups in total. The second-order valence-electron chi connectivity index (χ2n) is 3.61. The highest BCUT2D eigenvalue weighted by Crippen LogP contribution is 2.31. The summed E-state index contributed by atoms with van der Waals surface area (Å²) in [6, 6.07) is 1.10. The lowest BCUT2D eigenvalue weighted by Crippen LogP contribution is -2.37. The number of non-ortho nitro benzene ring substituents is 1. The van der Waals surface area contributed by atoms with Crippen LogP contribution in [-0.4, -0.2) is 33.6 Å². The van der Waals surface area contributed by atoms with Crippen LogP contribution in [0.15, 0.2) is 23.1 Å². The van der Waals surface area contributed by atoms with E-state index in [0.717, 1.165) is 0 Å². The van der Waals surface area contributed by atoms with Crippen LogP contribution in [0.1, 0.15) is 0 Å². The molecule has 0 aromatic heterocycles. The summed E-state index contributed by atoms with van der Waals surface area (Å²) in [7, 11) is -5.38. The monoisotopic (exact) mass is 336 g/mol. The molecule has 0 unspecified atom stereocenters. The van der Waals surface area contributed by atoms with Crippen molar-refractivity contribution >= 4 is 21.2 Å². The van der Waals surface area contributed by atoms with Crippen molar-refractivity contribution in [2.75, 3.05) is 0 Å². The first-order chi connectivity index (χ1) is 10.00. The fraction of sp³-hybridized carbons (Fsp3) is 0.143. The summed E-state index contributed by atoms with van der Waals surface area (Å²) in [5, 5.41) is 42.3. The Morgan fingerprint density at radius 2 is 1.36 bits per heavy atom. The quantitative estimate of drug-likeness (QED) is 0.389. The lowest BCUT2D eigenvalue weighted by Gasteiger charge is -2.05. The van der Waals surface area contributed by atoms with Gasteiger partial charge in [0.2, 0.25) is 0 Å². The van der Waals surface area contributed by atoms with Gasteiger partial charge in [-0.15, -0.1) is 0 Å². The van der Waals surface area contributed by atoms with Gasteiger partial charge in [-0.25, -0.2) is 8.42 Å². The van der Waals surface area contributed by atoms with Crippen molar-refractivity contribution in [2.45, 2.75) is 10.4 Å². The molecule has 1 rings (SSSR count). The Bertz CT molecular complexity index is 772. The van der Waals surface area contributed by atoms with Crippen LogP contribution < -0.4 is 0 Å². The number of rotatable bonds is 6. The van der Waals surface area contributed by atoms with Crippen LogP contribution in [0.2, 0.25) is 0 Å². The Labute approximate surface area is 119 Å². The minimum Gasteiger partial charge on any atom is -0.258 e. The van der Waals surface area contributed by atoms with Gasteiger partial charge in [0.15, 0.2) is 4.90 Å². The highest BCUT2D eigenvalue weighted by atomic mass is 32.2. The average molecular weight is 336 g/mol. The molecule has 0 saturated carbocycles. The van der Waals surface area contributed by atoms with E-state index in [9.17, 15) is 48.9 Å². The molecule has 1 aromatic rings. The van der Waals surface area contributed by atoms with E-state index in [2.05, 4.69) is 0 Å². The molecule has 0 aliphatic carbocycles. The van der Waals surface area contributed by atoms with Gasteiger partial charge in [0, 0.05) is 6.07 Å². The van der Waals surface area contributed by atoms with Crippen LogP contribution in [0.3, 0.4) is 0 Å². The maximum atomic E-state index is 11.9. The van der Waals surface area contributed by atoms with Gasteiger partial charge in [-0.2, -0.15) is 0 Å². The van der Waals surface area contributed by atoms with E-state index in [1.807, 2.05) is 0 Å². The van der Waals surface area contributed by atoms with Crippen molar-refractivity contribution in [3.8, 4) is 0 Å². The molecular weight excluding hydrogens is 332 g/mol. The summed E-state index contributed by atoms with van der Waals surface area (Å²) in [6.45, 7) is 0. The summed E-state index contributed by atoms with van der Waals surface area (Å²) >= 11 is 0. The van der Waals surface area contributed by atoms with Crippen molar-refractivity contribution in [3.05, 3.63) is 58.7 Å². The number of sulfone groups is 1. The highest BCUT2D eigenvalue weighted by Gasteiger charge is 2.51. The summed E-state index contributed by atoms with van der Waals surface area (Å²) in [6.07, 6.45) is 0. The molecule has 1 aromatic carbocycles. The lowest BCUT2D eigenvalue weighted by molar-refractivity contribution is -0.712. The predicted molar refractivity (Wildman–Crippen MR) is 64.7 cm³/mol. The normalized spacial score (nSPS) is 11.1. The Kier molecular flexibility index (Phi) is 4.31. The first-order valence-electron chi connectivity index (χ1n) is 4.94. The van der Waals surface area contributed by atoms with Crippen molar-refractivity contribution < 1.29 is 28.1 Å². The fourth-order valence-electron chi connectivity index (χ4n) is 1.42. The number of nitro groups is 4. The second kappa shape index (κ2) is 5.64. The largest absolute Gasteiger partial charge is 0.553 e. The predicted octanol–water partition coefficient (Wildman–Crippen LogP) is 0.114. The third-order valence-electron chi connectivity index (χ3n) is 2.29. The van der Waals surface area contributed by atoms with Gasteiger partial charge in [0.05, 0.1) is 15.9 Å². The summed E-state index contributed by atoms with van der Waals surface area (Å²) in [5.41, 5.74) is -5.60. The second-order valence-corrected chi connectivity index (χ2v) is 5.56. The van der Waals surface area contributed by atoms with Crippen molar-refractivity contribution in [1.82, 2.24) is 0 Å². The van der Waals surface area contributed by atoms with Gasteiger partial charge < -0.3 is 0 Å². The van der Waals surface area contributed by atoms with Crippen LogP contribution in [0.4, 0.5) is 11.4 Å². The number of hydrogen-bond donors (Lipinski definition) is 0. The molecule has 0 spiro atoms. The van der Waals surface area contributed by atoms with Gasteiger partial charge in [0.25, 0.3) is 11.4 Å². The van der Waals surface area contributed by atoms with Gasteiger partial charge >= 0.3 is 15.3 Å². The fourth-order valence-corrected chi connectivity index (χ4v) is 2.78. The molecule has 15 heteroatoms. The number of hydrogen-bond acceptors (Lipinski definition) is 10. The molecule has 0 fully saturated rings. The zero-order chi connectivity index (χ0) is 17.2. The van der Waals surface area contributed by atoms with E-state index in [1.165, 1.54) is 0 Å². The van der Waals surface area contributed by atoms with Crippen LogP contribution in [0.25, 0.3) is 0 Å². The number of nitrogens with zero attached hydrogens (tertiary/aromatic N) is 4. The molecule has 22 heavy (non-hydrogen) atoms. The Hall–Kier alpha value is -3.23. The topological polar surface area (TPSA) is 207 Å². The number of benzene rings is 1. The van der Waals surface area contributed by atoms with E-state index in [-0.39, 0.29) is 6.07 Å². The smallest absolute Gasteiger partial charge is 0.258 e. The van der Waals surface area contributed by atoms with Gasteiger partial charge in [0.1, 0.15) is 9.85 Å². The SMILES string of the molecule is O=[N+]([O-])c1ccc(S(=O)(=O)C([N+](=O)[O-])[N+](=O)[O-])c([N+](=O)[O-])c1. The maximum Gasteiger partial charge on any atom is 0.553 e. The zero-order valence-electron chi connectivity index (χ0n) is 10.1. The molecule has 0 radical (unpaired) electrons. The molecule has 0 saturated heterocycles. The van der Waals surface area contributed by atoms with Crippen LogP contribution in [0.5, 0.6) is 0 Å². The lowest BCUT2D eigenvalue weighted by atomic mass is 10.3. The molecule has 14 nitrogen and oxygen atoms in total. The summed E-state index contributed by atoms with van der Waals surface area (Å²) < 4.78 is 23.7. The van der Waals surface area contributed by atoms with E-state index in [1.54, 1.807) is 0 Å². The van der Waals surface area contributed by atoms with Crippen LogP contribution in [-0.2, 0) is 9.84 Å². The average Bonchev–Trinajstić information content (AvgIpc) is 2.36. The van der Waals surface area contributed by atoms with E-state index >= 15 is 0 Å². The minimum absolute atomic E-state index is 0.240. The van der Waals surface area contributed by atoms with E-state index < -0.39 is 51.3 Å². The summed E-state index contributed by atoms with van der Waals surface area (Å²) in [4.78, 5) is 35.1. The van der Waals surface area contributed by atoms with Crippen LogP contribution in [0, 0.1) is 40.5 Å². The first-order valence-corrected chi connectivity index (χ1v) is 6.48. The Balaban J connectivity index is 3.67. The third-order valence-corrected chi connectivity index (χ3v) is 4.15. The van der Waals surface area contributed by atoms with E-state index in [0.29, 0.717) is 12.1 Å². The molecule has 0 amide bonds. The van der Waals surface area contributed by atoms with Crippen molar-refractivity contribution in [3.63, 3.8) is 0 Å². The standard InChI is InChI=1S/C7H4N4O10S/c12-8(13)4-1-2-6(5(3-4)9(14)15)22(20,21)7(10(16)17)11(18)19/h1-3,7H. The van der Waals surface area contributed by atoms with Crippen molar-refractivity contribution in [1.29, 1.82) is 0 Å². The zero-order valence-corrected chi connectivity index (χ0v) is 10.9. The van der Waals surface area contributed by atoms with Gasteiger partial charge in [-0.1, -0.05) is 0 Å². The molecule has 0 aliphatic rings.